The Balaban J connectivity index is 2.00. The quantitative estimate of drug-likeness (QED) is 0.669. The molecule has 0 aliphatic carbocycles. The first-order valence-corrected chi connectivity index (χ1v) is 7.10. The van der Waals surface area contributed by atoms with Crippen molar-refractivity contribution in [2.45, 2.75) is 6.42 Å². The Kier molecular flexibility index (Phi) is 3.32. The van der Waals surface area contributed by atoms with Gasteiger partial charge in [0.05, 0.1) is 10.5 Å². The molecule has 0 fully saturated rings. The van der Waals surface area contributed by atoms with Gasteiger partial charge in [0.15, 0.2) is 5.78 Å². The number of carbonyl (C=O) groups excluding carboxylic acids is 1. The van der Waals surface area contributed by atoms with Crippen LogP contribution in [0.1, 0.15) is 15.2 Å². The summed E-state index contributed by atoms with van der Waals surface area (Å²) in [6, 6.07) is 11.3. The molecule has 0 atom stereocenters. The second-order valence-electron chi connectivity index (χ2n) is 4.17. The van der Waals surface area contributed by atoms with Gasteiger partial charge >= 0.3 is 0 Å². The second-order valence-corrected chi connectivity index (χ2v) is 5.58. The molecule has 0 aliphatic rings. The lowest BCUT2D eigenvalue weighted by Crippen LogP contribution is -2.04. The zero-order valence-corrected chi connectivity index (χ0v) is 11.5. The molecule has 0 saturated heterocycles. The van der Waals surface area contributed by atoms with Gasteiger partial charge in [0.1, 0.15) is 0 Å². The molecule has 0 spiro atoms. The summed E-state index contributed by atoms with van der Waals surface area (Å²) in [5, 5.41) is 3.53. The van der Waals surface area contributed by atoms with E-state index in [9.17, 15) is 4.79 Å². The smallest absolute Gasteiger partial charge is 0.170 e. The van der Waals surface area contributed by atoms with E-state index in [0.717, 1.165) is 15.8 Å². The maximum absolute atomic E-state index is 12.4. The molecule has 0 amide bonds. The number of thiophene rings is 1. The third-order valence-electron chi connectivity index (χ3n) is 2.95. The van der Waals surface area contributed by atoms with Crippen molar-refractivity contribution in [3.8, 4) is 0 Å². The lowest BCUT2D eigenvalue weighted by Gasteiger charge is -2.04. The molecule has 4 heteroatoms. The van der Waals surface area contributed by atoms with Crippen molar-refractivity contribution in [2.24, 2.45) is 0 Å². The Labute approximate surface area is 119 Å². The number of pyridine rings is 1. The zero-order chi connectivity index (χ0) is 13.2. The summed E-state index contributed by atoms with van der Waals surface area (Å²) in [4.78, 5) is 17.6. The topological polar surface area (TPSA) is 30.0 Å². The molecule has 1 aromatic carbocycles. The number of para-hydroxylation sites is 1. The minimum absolute atomic E-state index is 0.0497. The molecule has 0 bridgehead atoms. The number of aromatic nitrogens is 1. The van der Waals surface area contributed by atoms with Crippen LogP contribution in [-0.2, 0) is 6.42 Å². The number of ketones is 1. The molecule has 94 valence electrons. The number of nitrogens with zero attached hydrogens (tertiary/aromatic N) is 1. The molecule has 0 saturated carbocycles. The van der Waals surface area contributed by atoms with Crippen LogP contribution in [-0.4, -0.2) is 10.8 Å². The fourth-order valence-corrected chi connectivity index (χ4v) is 3.12. The fraction of sp³-hybridized carbons (Fsp3) is 0.0667. The lowest BCUT2D eigenvalue weighted by molar-refractivity contribution is 0.0995. The maximum atomic E-state index is 12.4. The normalized spacial score (nSPS) is 10.8. The van der Waals surface area contributed by atoms with Gasteiger partial charge in [-0.3, -0.25) is 9.78 Å². The standard InChI is InChI=1S/C15H10ClNOS/c16-12-6-8-19-14(12)9-13(18)11-5-1-3-10-4-2-7-17-15(10)11/h1-8H,9H2. The van der Waals surface area contributed by atoms with E-state index < -0.39 is 0 Å². The molecule has 2 heterocycles. The molecule has 2 nitrogen and oxygen atoms in total. The van der Waals surface area contributed by atoms with Crippen molar-refractivity contribution in [3.63, 3.8) is 0 Å². The van der Waals surface area contributed by atoms with Crippen molar-refractivity contribution in [1.82, 2.24) is 4.98 Å². The number of benzene rings is 1. The molecule has 2 aromatic heterocycles. The SMILES string of the molecule is O=C(Cc1sccc1Cl)c1cccc2cccnc12. The number of fused-ring (bicyclic) bond motifs is 1. The van der Waals surface area contributed by atoms with Crippen LogP contribution in [0.3, 0.4) is 0 Å². The predicted octanol–water partition coefficient (Wildman–Crippen LogP) is 4.38. The summed E-state index contributed by atoms with van der Waals surface area (Å²) >= 11 is 7.54. The Morgan fingerprint density at radius 3 is 2.84 bits per heavy atom. The minimum atomic E-state index is 0.0497. The van der Waals surface area contributed by atoms with E-state index >= 15 is 0 Å². The van der Waals surface area contributed by atoms with Crippen LogP contribution >= 0.6 is 22.9 Å². The Hall–Kier alpha value is -1.71. The largest absolute Gasteiger partial charge is 0.294 e. The van der Waals surface area contributed by atoms with Gasteiger partial charge in [-0.1, -0.05) is 29.8 Å². The third-order valence-corrected chi connectivity index (χ3v) is 4.33. The fourth-order valence-electron chi connectivity index (χ4n) is 2.02. The van der Waals surface area contributed by atoms with Crippen LogP contribution in [0.5, 0.6) is 0 Å². The first-order valence-electron chi connectivity index (χ1n) is 5.84. The highest BCUT2D eigenvalue weighted by atomic mass is 35.5. The van der Waals surface area contributed by atoms with Gasteiger partial charge in [-0.15, -0.1) is 11.3 Å². The van der Waals surface area contributed by atoms with Crippen molar-refractivity contribution >= 4 is 39.6 Å². The van der Waals surface area contributed by atoms with E-state index in [1.165, 1.54) is 11.3 Å². The van der Waals surface area contributed by atoms with E-state index in [0.29, 0.717) is 17.0 Å². The Morgan fingerprint density at radius 2 is 2.05 bits per heavy atom. The average molecular weight is 288 g/mol. The number of hydrogen-bond acceptors (Lipinski definition) is 3. The van der Waals surface area contributed by atoms with Crippen LogP contribution in [0, 0.1) is 0 Å². The van der Waals surface area contributed by atoms with Crippen molar-refractivity contribution in [1.29, 1.82) is 0 Å². The molecule has 3 aromatic rings. The van der Waals surface area contributed by atoms with Crippen molar-refractivity contribution in [3.05, 3.63) is 63.4 Å². The molecule has 0 N–H and O–H groups in total. The van der Waals surface area contributed by atoms with Crippen LogP contribution in [0.4, 0.5) is 0 Å². The number of carbonyl (C=O) groups is 1. The number of hydrogen-bond donors (Lipinski definition) is 0. The van der Waals surface area contributed by atoms with E-state index in [1.807, 2.05) is 41.8 Å². The first kappa shape index (κ1) is 12.3. The predicted molar refractivity (Wildman–Crippen MR) is 79.1 cm³/mol. The van der Waals surface area contributed by atoms with Crippen molar-refractivity contribution < 1.29 is 4.79 Å². The molecule has 0 radical (unpaired) electrons. The summed E-state index contributed by atoms with van der Waals surface area (Å²) in [5.74, 6) is 0.0497. The van der Waals surface area contributed by atoms with Crippen LogP contribution in [0.15, 0.2) is 48.0 Å². The van der Waals surface area contributed by atoms with Crippen LogP contribution in [0.25, 0.3) is 10.9 Å². The first-order chi connectivity index (χ1) is 9.25. The molecule has 0 aliphatic heterocycles. The lowest BCUT2D eigenvalue weighted by atomic mass is 10.0. The van der Waals surface area contributed by atoms with Crippen molar-refractivity contribution in [2.75, 3.05) is 0 Å². The second kappa shape index (κ2) is 5.11. The molecule has 0 unspecified atom stereocenters. The highest BCUT2D eigenvalue weighted by Crippen LogP contribution is 2.25. The number of rotatable bonds is 3. The van der Waals surface area contributed by atoms with Gasteiger partial charge in [0.25, 0.3) is 0 Å². The highest BCUT2D eigenvalue weighted by Gasteiger charge is 2.13. The van der Waals surface area contributed by atoms with Gasteiger partial charge < -0.3 is 0 Å². The number of halogens is 1. The summed E-state index contributed by atoms with van der Waals surface area (Å²) in [6.07, 6.45) is 2.03. The van der Waals surface area contributed by atoms with Gasteiger partial charge in [-0.05, 0) is 23.6 Å². The minimum Gasteiger partial charge on any atom is -0.294 e. The molecule has 3 rings (SSSR count). The zero-order valence-electron chi connectivity index (χ0n) is 9.97. The van der Waals surface area contributed by atoms with Crippen LogP contribution < -0.4 is 0 Å². The van der Waals surface area contributed by atoms with E-state index in [-0.39, 0.29) is 5.78 Å². The highest BCUT2D eigenvalue weighted by molar-refractivity contribution is 7.10. The monoisotopic (exact) mass is 287 g/mol. The van der Waals surface area contributed by atoms with Crippen LogP contribution in [0.2, 0.25) is 5.02 Å². The van der Waals surface area contributed by atoms with Gasteiger partial charge in [0, 0.05) is 28.4 Å². The Bertz CT molecular complexity index is 745. The van der Waals surface area contributed by atoms with Gasteiger partial charge in [-0.25, -0.2) is 0 Å². The van der Waals surface area contributed by atoms with E-state index in [1.54, 1.807) is 6.20 Å². The summed E-state index contributed by atoms with van der Waals surface area (Å²) < 4.78 is 0. The van der Waals surface area contributed by atoms with Gasteiger partial charge in [0.2, 0.25) is 0 Å². The Morgan fingerprint density at radius 1 is 1.21 bits per heavy atom. The summed E-state index contributed by atoms with van der Waals surface area (Å²) in [5.41, 5.74) is 1.41. The molecular weight excluding hydrogens is 278 g/mol. The van der Waals surface area contributed by atoms with Gasteiger partial charge in [-0.2, -0.15) is 0 Å². The number of Topliss-reactive ketones (excluding diaryl/α,β-unsaturated/α-hetero) is 1. The van der Waals surface area contributed by atoms with E-state index in [2.05, 4.69) is 4.98 Å². The van der Waals surface area contributed by atoms with E-state index in [4.69, 9.17) is 11.6 Å². The molecular formula is C15H10ClNOS. The third kappa shape index (κ3) is 2.39. The maximum Gasteiger partial charge on any atom is 0.170 e. The summed E-state index contributed by atoms with van der Waals surface area (Å²) in [7, 11) is 0. The average Bonchev–Trinajstić information content (AvgIpc) is 2.83. The molecule has 19 heavy (non-hydrogen) atoms. The summed E-state index contributed by atoms with van der Waals surface area (Å²) in [6.45, 7) is 0.